The van der Waals surface area contributed by atoms with E-state index in [9.17, 15) is 0 Å². The Labute approximate surface area is 59.3 Å². The van der Waals surface area contributed by atoms with Crippen LogP contribution < -0.4 is 5.32 Å². The van der Waals surface area contributed by atoms with Gasteiger partial charge in [-0.3, -0.25) is 0 Å². The minimum atomic E-state index is 0.988. The van der Waals surface area contributed by atoms with E-state index in [1.54, 1.807) is 0 Å². The summed E-state index contributed by atoms with van der Waals surface area (Å²) in [5, 5.41) is 4.23. The van der Waals surface area contributed by atoms with Crippen LogP contribution in [-0.2, 0) is 0 Å². The molecule has 8 heavy (non-hydrogen) atoms. The van der Waals surface area contributed by atoms with Crippen molar-refractivity contribution in [1.29, 1.82) is 0 Å². The minimum Gasteiger partial charge on any atom is -0.312 e. The Balaban J connectivity index is 2.72. The summed E-state index contributed by atoms with van der Waals surface area (Å²) in [4.78, 5) is 0. The molecule has 1 nitrogen and oxygen atoms in total. The van der Waals surface area contributed by atoms with E-state index >= 15 is 0 Å². The van der Waals surface area contributed by atoms with Crippen molar-refractivity contribution in [3.8, 4) is 0 Å². The Morgan fingerprint density at radius 2 is 2.38 bits per heavy atom. The van der Waals surface area contributed by atoms with Crippen LogP contribution in [0.1, 0.15) is 6.92 Å². The van der Waals surface area contributed by atoms with Crippen LogP contribution in [-0.4, -0.2) is 18.4 Å². The fourth-order valence-corrected chi connectivity index (χ4v) is 0.650. The summed E-state index contributed by atoms with van der Waals surface area (Å²) < 4.78 is 0. The van der Waals surface area contributed by atoms with Crippen molar-refractivity contribution in [3.63, 3.8) is 0 Å². The predicted molar refractivity (Wildman–Crippen MR) is 41.5 cm³/mol. The standard InChI is InChI=1S/C6H12BrN/c1-2-3-5-8-6-4-7/h2-3,8H,4-6H2,1H3/b3-2+. The van der Waals surface area contributed by atoms with Crippen molar-refractivity contribution < 1.29 is 0 Å². The Hall–Kier alpha value is 0.180. The Morgan fingerprint density at radius 3 is 2.88 bits per heavy atom. The van der Waals surface area contributed by atoms with Gasteiger partial charge in [0.2, 0.25) is 0 Å². The fraction of sp³-hybridized carbons (Fsp3) is 0.667. The molecule has 2 heteroatoms. The van der Waals surface area contributed by atoms with Gasteiger partial charge in [-0.2, -0.15) is 0 Å². The Kier molecular flexibility index (Phi) is 7.34. The molecule has 48 valence electrons. The van der Waals surface area contributed by atoms with E-state index < -0.39 is 0 Å². The van der Waals surface area contributed by atoms with Gasteiger partial charge in [-0.25, -0.2) is 0 Å². The molecule has 0 aliphatic rings. The Morgan fingerprint density at radius 1 is 1.62 bits per heavy atom. The molecule has 0 aromatic rings. The van der Waals surface area contributed by atoms with Crippen molar-refractivity contribution in [2.45, 2.75) is 6.92 Å². The van der Waals surface area contributed by atoms with Crippen LogP contribution in [0.3, 0.4) is 0 Å². The number of rotatable bonds is 4. The summed E-state index contributed by atoms with van der Waals surface area (Å²) in [6.45, 7) is 4.06. The van der Waals surface area contributed by atoms with E-state index in [-0.39, 0.29) is 0 Å². The normalized spacial score (nSPS) is 10.8. The molecule has 0 saturated carbocycles. The second-order valence-corrected chi connectivity index (χ2v) is 2.26. The van der Waals surface area contributed by atoms with E-state index in [0.29, 0.717) is 0 Å². The highest BCUT2D eigenvalue weighted by molar-refractivity contribution is 9.09. The van der Waals surface area contributed by atoms with Crippen LogP contribution in [0.4, 0.5) is 0 Å². The van der Waals surface area contributed by atoms with Gasteiger partial charge >= 0.3 is 0 Å². The van der Waals surface area contributed by atoms with Gasteiger partial charge in [-0.15, -0.1) is 0 Å². The summed E-state index contributed by atoms with van der Waals surface area (Å²) in [5.74, 6) is 0. The quantitative estimate of drug-likeness (QED) is 0.391. The molecule has 0 fully saturated rings. The lowest BCUT2D eigenvalue weighted by molar-refractivity contribution is 0.808. The van der Waals surface area contributed by atoms with Gasteiger partial charge in [-0.1, -0.05) is 28.1 Å². The van der Waals surface area contributed by atoms with E-state index in [4.69, 9.17) is 0 Å². The summed E-state index contributed by atoms with van der Waals surface area (Å²) >= 11 is 3.31. The molecular weight excluding hydrogens is 166 g/mol. The zero-order chi connectivity index (χ0) is 6.24. The molecule has 0 atom stereocenters. The fourth-order valence-electron chi connectivity index (χ4n) is 0.370. The van der Waals surface area contributed by atoms with E-state index in [1.807, 2.05) is 13.0 Å². The number of halogens is 1. The molecule has 0 aliphatic carbocycles. The molecule has 0 amide bonds. The lowest BCUT2D eigenvalue weighted by Gasteiger charge is -1.93. The van der Waals surface area contributed by atoms with Crippen LogP contribution in [0.5, 0.6) is 0 Å². The highest BCUT2D eigenvalue weighted by atomic mass is 79.9. The maximum atomic E-state index is 3.31. The first-order valence-electron chi connectivity index (χ1n) is 2.79. The van der Waals surface area contributed by atoms with Crippen molar-refractivity contribution in [2.24, 2.45) is 0 Å². The zero-order valence-electron chi connectivity index (χ0n) is 5.15. The van der Waals surface area contributed by atoms with Crippen LogP contribution in [0.15, 0.2) is 12.2 Å². The van der Waals surface area contributed by atoms with Crippen LogP contribution >= 0.6 is 15.9 Å². The number of hydrogen-bond donors (Lipinski definition) is 1. The van der Waals surface area contributed by atoms with Crippen molar-refractivity contribution >= 4 is 15.9 Å². The first-order chi connectivity index (χ1) is 3.91. The minimum absolute atomic E-state index is 0.988. The van der Waals surface area contributed by atoms with E-state index in [0.717, 1.165) is 18.4 Å². The van der Waals surface area contributed by atoms with Gasteiger partial charge in [0, 0.05) is 18.4 Å². The topological polar surface area (TPSA) is 12.0 Å². The molecule has 0 aromatic heterocycles. The third kappa shape index (κ3) is 6.18. The molecule has 0 bridgehead atoms. The molecule has 0 rings (SSSR count). The maximum absolute atomic E-state index is 3.31. The second kappa shape index (κ2) is 7.18. The highest BCUT2D eigenvalue weighted by Gasteiger charge is 1.75. The van der Waals surface area contributed by atoms with Crippen molar-refractivity contribution in [1.82, 2.24) is 5.32 Å². The molecule has 0 radical (unpaired) electrons. The van der Waals surface area contributed by atoms with Gasteiger partial charge in [-0.05, 0) is 6.92 Å². The first-order valence-corrected chi connectivity index (χ1v) is 3.91. The molecule has 0 heterocycles. The number of allylic oxidation sites excluding steroid dienone is 1. The maximum Gasteiger partial charge on any atom is 0.0157 e. The smallest absolute Gasteiger partial charge is 0.0157 e. The summed E-state index contributed by atoms with van der Waals surface area (Å²) in [7, 11) is 0. The average molecular weight is 178 g/mol. The summed E-state index contributed by atoms with van der Waals surface area (Å²) in [6.07, 6.45) is 4.14. The largest absolute Gasteiger partial charge is 0.312 e. The predicted octanol–water partition coefficient (Wildman–Crippen LogP) is 1.55. The second-order valence-electron chi connectivity index (χ2n) is 1.46. The van der Waals surface area contributed by atoms with Crippen LogP contribution in [0.2, 0.25) is 0 Å². The summed E-state index contributed by atoms with van der Waals surface area (Å²) in [6, 6.07) is 0. The number of nitrogens with one attached hydrogen (secondary N) is 1. The van der Waals surface area contributed by atoms with Gasteiger partial charge in [0.25, 0.3) is 0 Å². The average Bonchev–Trinajstić information content (AvgIpc) is 1.81. The van der Waals surface area contributed by atoms with Gasteiger partial charge < -0.3 is 5.32 Å². The lowest BCUT2D eigenvalue weighted by atomic mass is 10.5. The molecule has 0 aliphatic heterocycles. The Bertz CT molecular complexity index is 61.5. The molecule has 1 N–H and O–H groups in total. The molecule has 0 spiro atoms. The van der Waals surface area contributed by atoms with Gasteiger partial charge in [0.15, 0.2) is 0 Å². The summed E-state index contributed by atoms with van der Waals surface area (Å²) in [5.41, 5.74) is 0. The molecule has 0 aromatic carbocycles. The molecular formula is C6H12BrN. The third-order valence-electron chi connectivity index (χ3n) is 0.769. The van der Waals surface area contributed by atoms with Crippen LogP contribution in [0, 0.1) is 0 Å². The SMILES string of the molecule is C/C=C/CNCCBr. The van der Waals surface area contributed by atoms with Gasteiger partial charge in [0.1, 0.15) is 0 Å². The number of alkyl halides is 1. The van der Waals surface area contributed by atoms with Crippen molar-refractivity contribution in [2.75, 3.05) is 18.4 Å². The van der Waals surface area contributed by atoms with E-state index in [1.165, 1.54) is 0 Å². The monoisotopic (exact) mass is 177 g/mol. The molecule has 0 saturated heterocycles. The van der Waals surface area contributed by atoms with Crippen LogP contribution in [0.25, 0.3) is 0 Å². The zero-order valence-corrected chi connectivity index (χ0v) is 6.74. The van der Waals surface area contributed by atoms with Crippen molar-refractivity contribution in [3.05, 3.63) is 12.2 Å². The third-order valence-corrected chi connectivity index (χ3v) is 1.17. The van der Waals surface area contributed by atoms with Gasteiger partial charge in [0.05, 0.1) is 0 Å². The molecule has 0 unspecified atom stereocenters. The highest BCUT2D eigenvalue weighted by Crippen LogP contribution is 1.74. The van der Waals surface area contributed by atoms with E-state index in [2.05, 4.69) is 27.3 Å². The number of hydrogen-bond acceptors (Lipinski definition) is 1. The lowest BCUT2D eigenvalue weighted by Crippen LogP contribution is -2.15. The first kappa shape index (κ1) is 8.18.